The fourth-order valence-corrected chi connectivity index (χ4v) is 1.48. The standard InChI is InChI=1S/C9H9F4NOS/c1-5(15-16-2)6-3-7(10)8(14-4-6)9(11,12)13/h3-5H,1-2H3. The number of halogens is 4. The molecular formula is C9H9F4NOS. The van der Waals surface area contributed by atoms with Gasteiger partial charge in [0.05, 0.1) is 6.10 Å². The van der Waals surface area contributed by atoms with Gasteiger partial charge in [-0.2, -0.15) is 13.2 Å². The molecule has 0 amide bonds. The van der Waals surface area contributed by atoms with Crippen molar-refractivity contribution in [2.75, 3.05) is 6.26 Å². The Morgan fingerprint density at radius 3 is 2.50 bits per heavy atom. The van der Waals surface area contributed by atoms with E-state index in [0.29, 0.717) is 0 Å². The van der Waals surface area contributed by atoms with Gasteiger partial charge in [0, 0.05) is 18.0 Å². The first-order valence-corrected chi connectivity index (χ1v) is 5.43. The van der Waals surface area contributed by atoms with Gasteiger partial charge in [0.1, 0.15) is 0 Å². The number of rotatable bonds is 3. The maximum Gasteiger partial charge on any atom is 0.436 e. The largest absolute Gasteiger partial charge is 0.436 e. The SMILES string of the molecule is CSOC(C)c1cnc(C(F)(F)F)c(F)c1. The zero-order chi connectivity index (χ0) is 12.3. The van der Waals surface area contributed by atoms with E-state index in [9.17, 15) is 17.6 Å². The Bertz CT molecular complexity index is 369. The van der Waals surface area contributed by atoms with Crippen molar-refractivity contribution in [2.24, 2.45) is 0 Å². The van der Waals surface area contributed by atoms with E-state index in [1.54, 1.807) is 13.2 Å². The number of aromatic nitrogens is 1. The van der Waals surface area contributed by atoms with Crippen LogP contribution in [0.4, 0.5) is 17.6 Å². The van der Waals surface area contributed by atoms with Crippen LogP contribution in [0.2, 0.25) is 0 Å². The molecule has 90 valence electrons. The van der Waals surface area contributed by atoms with Gasteiger partial charge in [-0.3, -0.25) is 0 Å². The second-order valence-corrected chi connectivity index (χ2v) is 3.53. The van der Waals surface area contributed by atoms with E-state index < -0.39 is 23.8 Å². The Morgan fingerprint density at radius 2 is 2.06 bits per heavy atom. The molecule has 0 bridgehead atoms. The first-order valence-electron chi connectivity index (χ1n) is 4.28. The van der Waals surface area contributed by atoms with Crippen LogP contribution in [-0.2, 0) is 10.4 Å². The summed E-state index contributed by atoms with van der Waals surface area (Å²) in [5, 5.41) is 0. The summed E-state index contributed by atoms with van der Waals surface area (Å²) in [7, 11) is 0. The second kappa shape index (κ2) is 5.01. The molecule has 0 aromatic carbocycles. The molecule has 1 atom stereocenters. The summed E-state index contributed by atoms with van der Waals surface area (Å²) in [6.07, 6.45) is -2.66. The van der Waals surface area contributed by atoms with Gasteiger partial charge in [0.15, 0.2) is 11.5 Å². The van der Waals surface area contributed by atoms with Gasteiger partial charge in [-0.1, -0.05) is 0 Å². The van der Waals surface area contributed by atoms with Crippen LogP contribution in [0, 0.1) is 5.82 Å². The van der Waals surface area contributed by atoms with Crippen molar-refractivity contribution in [3.63, 3.8) is 0 Å². The minimum Gasteiger partial charge on any atom is -0.308 e. The first kappa shape index (κ1) is 13.2. The average molecular weight is 255 g/mol. The van der Waals surface area contributed by atoms with Crippen LogP contribution < -0.4 is 0 Å². The summed E-state index contributed by atoms with van der Waals surface area (Å²) in [6, 6.07) is 0.788. The van der Waals surface area contributed by atoms with Gasteiger partial charge in [0.25, 0.3) is 0 Å². The van der Waals surface area contributed by atoms with Crippen LogP contribution in [-0.4, -0.2) is 11.2 Å². The van der Waals surface area contributed by atoms with Gasteiger partial charge in [-0.25, -0.2) is 9.37 Å². The summed E-state index contributed by atoms with van der Waals surface area (Å²) in [4.78, 5) is 3.06. The summed E-state index contributed by atoms with van der Waals surface area (Å²) in [5.41, 5.74) is -1.24. The third kappa shape index (κ3) is 3.08. The summed E-state index contributed by atoms with van der Waals surface area (Å²) < 4.78 is 54.7. The van der Waals surface area contributed by atoms with Crippen LogP contribution in [0.1, 0.15) is 24.3 Å². The maximum atomic E-state index is 13.1. The lowest BCUT2D eigenvalue weighted by atomic mass is 10.1. The highest BCUT2D eigenvalue weighted by Crippen LogP contribution is 2.31. The highest BCUT2D eigenvalue weighted by molar-refractivity contribution is 7.93. The topological polar surface area (TPSA) is 22.1 Å². The molecular weight excluding hydrogens is 246 g/mol. The highest BCUT2D eigenvalue weighted by atomic mass is 32.2. The molecule has 1 aromatic heterocycles. The number of alkyl halides is 3. The van der Waals surface area contributed by atoms with Gasteiger partial charge >= 0.3 is 6.18 Å². The Hall–Kier alpha value is -0.820. The Labute approximate surface area is 94.2 Å². The van der Waals surface area contributed by atoms with Crippen molar-refractivity contribution >= 4 is 12.0 Å². The molecule has 0 aliphatic carbocycles. The van der Waals surface area contributed by atoms with E-state index in [2.05, 4.69) is 4.98 Å². The molecule has 1 aromatic rings. The second-order valence-electron chi connectivity index (χ2n) is 3.00. The van der Waals surface area contributed by atoms with E-state index in [-0.39, 0.29) is 5.56 Å². The lowest BCUT2D eigenvalue weighted by molar-refractivity contribution is -0.143. The Balaban J connectivity index is 3.00. The summed E-state index contributed by atoms with van der Waals surface area (Å²) in [6.45, 7) is 1.60. The normalized spacial score (nSPS) is 13.9. The molecule has 0 radical (unpaired) electrons. The zero-order valence-electron chi connectivity index (χ0n) is 8.51. The first-order chi connectivity index (χ1) is 7.36. The van der Waals surface area contributed by atoms with E-state index in [1.165, 1.54) is 0 Å². The molecule has 0 aliphatic heterocycles. The predicted octanol–water partition coefficient (Wildman–Crippen LogP) is 3.60. The molecule has 0 saturated heterocycles. The fraction of sp³-hybridized carbons (Fsp3) is 0.444. The molecule has 1 heterocycles. The predicted molar refractivity (Wildman–Crippen MR) is 52.2 cm³/mol. The third-order valence-electron chi connectivity index (χ3n) is 1.84. The van der Waals surface area contributed by atoms with Gasteiger partial charge in [-0.05, 0) is 25.0 Å². The maximum absolute atomic E-state index is 13.1. The number of hydrogen-bond acceptors (Lipinski definition) is 3. The van der Waals surface area contributed by atoms with Gasteiger partial charge in [-0.15, -0.1) is 0 Å². The smallest absolute Gasteiger partial charge is 0.308 e. The Kier molecular flexibility index (Phi) is 4.15. The molecule has 0 aliphatic rings. The van der Waals surface area contributed by atoms with Gasteiger partial charge in [0.2, 0.25) is 0 Å². The van der Waals surface area contributed by atoms with Crippen molar-refractivity contribution in [3.05, 3.63) is 29.3 Å². The average Bonchev–Trinajstić information content (AvgIpc) is 2.16. The van der Waals surface area contributed by atoms with Crippen LogP contribution in [0.3, 0.4) is 0 Å². The van der Waals surface area contributed by atoms with E-state index >= 15 is 0 Å². The van der Waals surface area contributed by atoms with E-state index in [4.69, 9.17) is 4.18 Å². The quantitative estimate of drug-likeness (QED) is 0.608. The zero-order valence-corrected chi connectivity index (χ0v) is 9.32. The molecule has 7 heteroatoms. The lowest BCUT2D eigenvalue weighted by Gasteiger charge is -2.12. The van der Waals surface area contributed by atoms with Crippen molar-refractivity contribution < 1.29 is 21.7 Å². The van der Waals surface area contributed by atoms with Crippen LogP contribution in [0.25, 0.3) is 0 Å². The molecule has 1 rings (SSSR count). The van der Waals surface area contributed by atoms with Crippen molar-refractivity contribution in [1.29, 1.82) is 0 Å². The van der Waals surface area contributed by atoms with Crippen molar-refractivity contribution in [2.45, 2.75) is 19.2 Å². The summed E-state index contributed by atoms with van der Waals surface area (Å²) >= 11 is 1.05. The lowest BCUT2D eigenvalue weighted by Crippen LogP contribution is -2.12. The number of pyridine rings is 1. The minimum absolute atomic E-state index is 0.264. The van der Waals surface area contributed by atoms with Crippen LogP contribution in [0.15, 0.2) is 12.3 Å². The Morgan fingerprint density at radius 1 is 1.44 bits per heavy atom. The molecule has 0 spiro atoms. The highest BCUT2D eigenvalue weighted by Gasteiger charge is 2.36. The van der Waals surface area contributed by atoms with E-state index in [1.807, 2.05) is 0 Å². The molecule has 16 heavy (non-hydrogen) atoms. The number of nitrogens with zero attached hydrogens (tertiary/aromatic N) is 1. The molecule has 0 N–H and O–H groups in total. The molecule has 2 nitrogen and oxygen atoms in total. The molecule has 1 unspecified atom stereocenters. The van der Waals surface area contributed by atoms with Crippen LogP contribution in [0.5, 0.6) is 0 Å². The van der Waals surface area contributed by atoms with Gasteiger partial charge < -0.3 is 4.18 Å². The van der Waals surface area contributed by atoms with Crippen molar-refractivity contribution in [3.8, 4) is 0 Å². The summed E-state index contributed by atoms with van der Waals surface area (Å²) in [5.74, 6) is -1.39. The fourth-order valence-electron chi connectivity index (χ4n) is 1.08. The van der Waals surface area contributed by atoms with Crippen molar-refractivity contribution in [1.82, 2.24) is 4.98 Å². The minimum atomic E-state index is -4.77. The monoisotopic (exact) mass is 255 g/mol. The molecule has 0 saturated carbocycles. The van der Waals surface area contributed by atoms with Crippen LogP contribution >= 0.6 is 12.0 Å². The molecule has 0 fully saturated rings. The number of hydrogen-bond donors (Lipinski definition) is 0. The van der Waals surface area contributed by atoms with E-state index in [0.717, 1.165) is 24.3 Å². The third-order valence-corrected chi connectivity index (χ3v) is 2.32.